The van der Waals surface area contributed by atoms with Gasteiger partial charge in [-0.3, -0.25) is 0 Å². The first-order valence-electron chi connectivity index (χ1n) is 8.27. The van der Waals surface area contributed by atoms with Gasteiger partial charge in [-0.25, -0.2) is 0 Å². The Balaban J connectivity index is 1.49. The summed E-state index contributed by atoms with van der Waals surface area (Å²) in [5.41, 5.74) is 2.84. The van der Waals surface area contributed by atoms with Crippen LogP contribution in [0.15, 0.2) is 18.2 Å². The third-order valence-corrected chi connectivity index (χ3v) is 5.59. The summed E-state index contributed by atoms with van der Waals surface area (Å²) in [5, 5.41) is 0. The molecule has 2 heteroatoms. The average Bonchev–Trinajstić information content (AvgIpc) is 2.59. The Morgan fingerprint density at radius 3 is 2.85 bits per heavy atom. The van der Waals surface area contributed by atoms with Crippen molar-refractivity contribution >= 4 is 0 Å². The molecule has 2 heterocycles. The van der Waals surface area contributed by atoms with E-state index in [1.54, 1.807) is 0 Å². The van der Waals surface area contributed by atoms with Crippen molar-refractivity contribution in [3.8, 4) is 5.75 Å². The number of nitrogens with zero attached hydrogens (tertiary/aromatic N) is 1. The number of benzene rings is 1. The highest BCUT2D eigenvalue weighted by atomic mass is 16.5. The fourth-order valence-electron chi connectivity index (χ4n) is 4.10. The van der Waals surface area contributed by atoms with Crippen molar-refractivity contribution in [2.75, 3.05) is 13.1 Å². The van der Waals surface area contributed by atoms with Crippen LogP contribution in [0.5, 0.6) is 5.75 Å². The predicted molar refractivity (Wildman–Crippen MR) is 81.3 cm³/mol. The van der Waals surface area contributed by atoms with Crippen LogP contribution in [0.3, 0.4) is 0 Å². The Morgan fingerprint density at radius 1 is 1.15 bits per heavy atom. The Bertz CT molecular complexity index is 508. The zero-order valence-corrected chi connectivity index (χ0v) is 12.5. The summed E-state index contributed by atoms with van der Waals surface area (Å²) < 4.78 is 6.45. The van der Waals surface area contributed by atoms with Crippen LogP contribution < -0.4 is 4.74 Å². The summed E-state index contributed by atoms with van der Waals surface area (Å²) >= 11 is 0. The van der Waals surface area contributed by atoms with Crippen LogP contribution in [-0.4, -0.2) is 29.6 Å². The van der Waals surface area contributed by atoms with Crippen molar-refractivity contribution in [2.45, 2.75) is 63.5 Å². The first kappa shape index (κ1) is 12.7. The van der Waals surface area contributed by atoms with Gasteiger partial charge in [0, 0.05) is 25.4 Å². The number of aryl methyl sites for hydroxylation is 1. The fourth-order valence-corrected chi connectivity index (χ4v) is 4.10. The Morgan fingerprint density at radius 2 is 2.05 bits per heavy atom. The molecule has 1 unspecified atom stereocenters. The van der Waals surface area contributed by atoms with Gasteiger partial charge in [0.1, 0.15) is 11.4 Å². The molecule has 0 bridgehead atoms. The molecule has 1 aromatic carbocycles. The standard InChI is InChI=1S/C18H25NO/c1-14-6-7-15-13-18(20-17(15)12-14)8-3-10-19(11-9-18)16-4-2-5-16/h6-7,12,16H,2-5,8-11,13H2,1H3. The van der Waals surface area contributed by atoms with Crippen molar-refractivity contribution in [3.05, 3.63) is 29.3 Å². The van der Waals surface area contributed by atoms with Crippen molar-refractivity contribution in [1.82, 2.24) is 4.90 Å². The van der Waals surface area contributed by atoms with Crippen LogP contribution in [0.2, 0.25) is 0 Å². The number of fused-ring (bicyclic) bond motifs is 1. The summed E-state index contributed by atoms with van der Waals surface area (Å²) in [7, 11) is 0. The summed E-state index contributed by atoms with van der Waals surface area (Å²) in [6.45, 7) is 4.67. The minimum atomic E-state index is 0.106. The topological polar surface area (TPSA) is 12.5 Å². The first-order chi connectivity index (χ1) is 9.74. The van der Waals surface area contributed by atoms with E-state index >= 15 is 0 Å². The van der Waals surface area contributed by atoms with E-state index < -0.39 is 0 Å². The zero-order valence-electron chi connectivity index (χ0n) is 12.5. The van der Waals surface area contributed by atoms with Gasteiger partial charge >= 0.3 is 0 Å². The van der Waals surface area contributed by atoms with E-state index in [1.165, 1.54) is 62.7 Å². The second-order valence-corrected chi connectivity index (χ2v) is 7.05. The molecule has 1 aromatic rings. The molecule has 1 spiro atoms. The molecule has 0 N–H and O–H groups in total. The Hall–Kier alpha value is -1.02. The molecule has 1 atom stereocenters. The first-order valence-corrected chi connectivity index (χ1v) is 8.27. The summed E-state index contributed by atoms with van der Waals surface area (Å²) in [4.78, 5) is 2.73. The highest BCUT2D eigenvalue weighted by Gasteiger charge is 2.41. The van der Waals surface area contributed by atoms with Gasteiger partial charge in [0.25, 0.3) is 0 Å². The highest BCUT2D eigenvalue weighted by molar-refractivity contribution is 5.42. The second-order valence-electron chi connectivity index (χ2n) is 7.05. The fraction of sp³-hybridized carbons (Fsp3) is 0.667. The van der Waals surface area contributed by atoms with Gasteiger partial charge in [-0.15, -0.1) is 0 Å². The maximum atomic E-state index is 6.45. The number of ether oxygens (including phenoxy) is 1. The van der Waals surface area contributed by atoms with Crippen molar-refractivity contribution in [1.29, 1.82) is 0 Å². The lowest BCUT2D eigenvalue weighted by Gasteiger charge is -2.37. The smallest absolute Gasteiger partial charge is 0.123 e. The molecule has 20 heavy (non-hydrogen) atoms. The van der Waals surface area contributed by atoms with E-state index in [1.807, 2.05) is 0 Å². The maximum Gasteiger partial charge on any atom is 0.123 e. The van der Waals surface area contributed by atoms with Crippen molar-refractivity contribution < 1.29 is 4.74 Å². The van der Waals surface area contributed by atoms with Gasteiger partial charge in [-0.2, -0.15) is 0 Å². The molecule has 4 rings (SSSR count). The molecule has 2 aliphatic heterocycles. The minimum Gasteiger partial charge on any atom is -0.487 e. The largest absolute Gasteiger partial charge is 0.487 e. The van der Waals surface area contributed by atoms with E-state index in [2.05, 4.69) is 30.0 Å². The van der Waals surface area contributed by atoms with E-state index in [0.717, 1.165) is 18.2 Å². The van der Waals surface area contributed by atoms with Crippen LogP contribution in [0, 0.1) is 6.92 Å². The molecule has 0 aromatic heterocycles. The molecule has 1 saturated carbocycles. The Labute approximate surface area is 122 Å². The van der Waals surface area contributed by atoms with Crippen molar-refractivity contribution in [2.24, 2.45) is 0 Å². The second kappa shape index (κ2) is 4.77. The van der Waals surface area contributed by atoms with Gasteiger partial charge in [0.05, 0.1) is 0 Å². The quantitative estimate of drug-likeness (QED) is 0.772. The van der Waals surface area contributed by atoms with Crippen LogP contribution in [0.25, 0.3) is 0 Å². The molecule has 0 amide bonds. The van der Waals surface area contributed by atoms with E-state index in [4.69, 9.17) is 4.74 Å². The lowest BCUT2D eigenvalue weighted by atomic mass is 9.89. The Kier molecular flexibility index (Phi) is 3.03. The molecule has 1 saturated heterocycles. The van der Waals surface area contributed by atoms with E-state index in [9.17, 15) is 0 Å². The van der Waals surface area contributed by atoms with Gasteiger partial charge in [-0.1, -0.05) is 18.6 Å². The van der Waals surface area contributed by atoms with Gasteiger partial charge in [0.15, 0.2) is 0 Å². The molecule has 1 aliphatic carbocycles. The molecule has 2 nitrogen and oxygen atoms in total. The normalized spacial score (nSPS) is 30.6. The number of rotatable bonds is 1. The molecule has 3 aliphatic rings. The third-order valence-electron chi connectivity index (χ3n) is 5.59. The molecular formula is C18H25NO. The van der Waals surface area contributed by atoms with Gasteiger partial charge < -0.3 is 9.64 Å². The SMILES string of the molecule is Cc1ccc2c(c1)OC1(CCCN(C3CCC3)CC1)C2. The molecule has 2 fully saturated rings. The highest BCUT2D eigenvalue weighted by Crippen LogP contribution is 2.42. The predicted octanol–water partition coefficient (Wildman–Crippen LogP) is 3.71. The van der Waals surface area contributed by atoms with Crippen LogP contribution >= 0.6 is 0 Å². The monoisotopic (exact) mass is 271 g/mol. The van der Waals surface area contributed by atoms with Crippen molar-refractivity contribution in [3.63, 3.8) is 0 Å². The zero-order chi connectivity index (χ0) is 13.6. The van der Waals surface area contributed by atoms with Gasteiger partial charge in [0.2, 0.25) is 0 Å². The lowest BCUT2D eigenvalue weighted by Crippen LogP contribution is -2.42. The van der Waals surface area contributed by atoms with E-state index in [0.29, 0.717) is 0 Å². The summed E-state index contributed by atoms with van der Waals surface area (Å²) in [6.07, 6.45) is 9.14. The van der Waals surface area contributed by atoms with Crippen LogP contribution in [0.4, 0.5) is 0 Å². The number of hydrogen-bond donors (Lipinski definition) is 0. The molecule has 108 valence electrons. The number of hydrogen-bond acceptors (Lipinski definition) is 2. The summed E-state index contributed by atoms with van der Waals surface area (Å²) in [5.74, 6) is 1.15. The van der Waals surface area contributed by atoms with Gasteiger partial charge in [-0.05, 0) is 56.3 Å². The average molecular weight is 271 g/mol. The van der Waals surface area contributed by atoms with Crippen LogP contribution in [0.1, 0.15) is 49.7 Å². The maximum absolute atomic E-state index is 6.45. The lowest BCUT2D eigenvalue weighted by molar-refractivity contribution is 0.0694. The summed E-state index contributed by atoms with van der Waals surface area (Å²) in [6, 6.07) is 7.60. The number of likely N-dealkylation sites (tertiary alicyclic amines) is 1. The molecular weight excluding hydrogens is 246 g/mol. The van der Waals surface area contributed by atoms with Crippen LogP contribution in [-0.2, 0) is 6.42 Å². The van der Waals surface area contributed by atoms with E-state index in [-0.39, 0.29) is 5.60 Å². The third kappa shape index (κ3) is 2.14. The molecule has 0 radical (unpaired) electrons. The minimum absolute atomic E-state index is 0.106.